The molecule has 1 heterocycles. The summed E-state index contributed by atoms with van der Waals surface area (Å²) in [5.41, 5.74) is 2.07. The van der Waals surface area contributed by atoms with Crippen LogP contribution in [-0.4, -0.2) is 80.4 Å². The Morgan fingerprint density at radius 2 is 1.60 bits per heavy atom. The molecule has 1 aliphatic heterocycles. The Kier molecular flexibility index (Phi) is 30.3. The van der Waals surface area contributed by atoms with Crippen LogP contribution in [0.25, 0.3) is 0 Å². The van der Waals surface area contributed by atoms with Gasteiger partial charge in [0, 0.05) is 38.9 Å². The molecule has 8 nitrogen and oxygen atoms in total. The van der Waals surface area contributed by atoms with E-state index in [9.17, 15) is 9.59 Å². The third-order valence-corrected chi connectivity index (χ3v) is 20.3. The van der Waals surface area contributed by atoms with Crippen LogP contribution in [-0.2, 0) is 37.4 Å². The topological polar surface area (TPSA) is 89.5 Å². The first-order valence-electron chi connectivity index (χ1n) is 20.8. The van der Waals surface area contributed by atoms with Gasteiger partial charge in [0.1, 0.15) is 25.4 Å². The molecule has 0 saturated carbocycles. The van der Waals surface area contributed by atoms with Gasteiger partial charge in [-0.1, -0.05) is 107 Å². The van der Waals surface area contributed by atoms with E-state index in [1.165, 1.54) is 0 Å². The van der Waals surface area contributed by atoms with Crippen LogP contribution in [0.1, 0.15) is 135 Å². The van der Waals surface area contributed by atoms with Gasteiger partial charge in [0.25, 0.3) is 0 Å². The third kappa shape index (κ3) is 23.1. The number of carbonyl (C=O) groups is 2. The van der Waals surface area contributed by atoms with E-state index >= 15 is 0 Å². The van der Waals surface area contributed by atoms with E-state index in [2.05, 4.69) is 119 Å². The Balaban J connectivity index is -0.00000101. The normalized spacial score (nSPS) is 22.0. The summed E-state index contributed by atoms with van der Waals surface area (Å²) in [4.78, 5) is 23.7. The smallest absolute Gasteiger partial charge is 0.306 e. The Morgan fingerprint density at radius 3 is 2.12 bits per heavy atom. The highest BCUT2D eigenvalue weighted by molar-refractivity contribution is 6.74. The number of esters is 2. The van der Waals surface area contributed by atoms with E-state index in [0.717, 1.165) is 49.7 Å². The molecule has 0 amide bonds. The predicted octanol–water partition coefficient (Wildman–Crippen LogP) is 13.4. The van der Waals surface area contributed by atoms with Crippen molar-refractivity contribution >= 4 is 28.6 Å². The molecule has 0 bridgehead atoms. The quantitative estimate of drug-likeness (QED) is 0.0619. The largest absolute Gasteiger partial charge is 0.461 e. The zero-order valence-corrected chi connectivity index (χ0v) is 40.7. The van der Waals surface area contributed by atoms with Gasteiger partial charge in [-0.3, -0.25) is 9.59 Å². The maximum absolute atomic E-state index is 11.9. The third-order valence-electron chi connectivity index (χ3n) is 11.3. The van der Waals surface area contributed by atoms with Crippen LogP contribution < -0.4 is 0 Å². The average Bonchev–Trinajstić information content (AvgIpc) is 3.09. The maximum Gasteiger partial charge on any atom is 0.306 e. The van der Waals surface area contributed by atoms with E-state index in [4.69, 9.17) is 27.8 Å². The number of methoxy groups -OCH3 is 2. The molecule has 0 aromatic heterocycles. The van der Waals surface area contributed by atoms with Crippen LogP contribution in [0, 0.1) is 11.8 Å². The maximum atomic E-state index is 11.9. The van der Waals surface area contributed by atoms with E-state index in [1.807, 2.05) is 19.9 Å². The van der Waals surface area contributed by atoms with Gasteiger partial charge in [-0.15, -0.1) is 13.2 Å². The molecule has 1 rings (SSSR count). The van der Waals surface area contributed by atoms with Gasteiger partial charge in [0.2, 0.25) is 0 Å². The number of unbranched alkanes of at least 4 members (excludes halogenated alkanes) is 2. The second-order valence-corrected chi connectivity index (χ2v) is 28.1. The van der Waals surface area contributed by atoms with Crippen molar-refractivity contribution in [3.63, 3.8) is 0 Å². The minimum atomic E-state index is -1.98. The number of cyclic esters (lactones) is 1. The van der Waals surface area contributed by atoms with Crippen LogP contribution in [0.2, 0.25) is 36.3 Å². The number of hydrogen-bond acceptors (Lipinski definition) is 8. The molecule has 0 N–H and O–H groups in total. The molecule has 0 aliphatic carbocycles. The van der Waals surface area contributed by atoms with E-state index in [1.54, 1.807) is 20.3 Å². The minimum Gasteiger partial charge on any atom is -0.461 e. The zero-order valence-electron chi connectivity index (χ0n) is 38.7. The van der Waals surface area contributed by atoms with Crippen LogP contribution >= 0.6 is 0 Å². The van der Waals surface area contributed by atoms with Gasteiger partial charge >= 0.3 is 11.9 Å². The fraction of sp³-hybridized carbons (Fsp3) is 0.750. The minimum absolute atomic E-state index is 0. The molecule has 0 aromatic carbocycles. The summed E-state index contributed by atoms with van der Waals surface area (Å²) < 4.78 is 35.8. The zero-order chi connectivity index (χ0) is 43.3. The van der Waals surface area contributed by atoms with Crippen LogP contribution in [0.4, 0.5) is 0 Å². The van der Waals surface area contributed by atoms with Crippen molar-refractivity contribution in [3.8, 4) is 0 Å². The monoisotopic (exact) mass is 853 g/mol. The number of hydrogen-bond donors (Lipinski definition) is 0. The Labute approximate surface area is 360 Å². The second-order valence-electron chi connectivity index (χ2n) is 18.6. The van der Waals surface area contributed by atoms with Crippen LogP contribution in [0.3, 0.4) is 0 Å². The van der Waals surface area contributed by atoms with Crippen molar-refractivity contribution < 1.29 is 37.4 Å². The fourth-order valence-corrected chi connectivity index (χ4v) is 8.47. The van der Waals surface area contributed by atoms with Crippen molar-refractivity contribution in [3.05, 3.63) is 60.8 Å². The molecule has 0 saturated heterocycles. The van der Waals surface area contributed by atoms with E-state index in [0.29, 0.717) is 26.1 Å². The summed E-state index contributed by atoms with van der Waals surface area (Å²) in [7, 11) is -0.505. The van der Waals surface area contributed by atoms with Crippen LogP contribution in [0.15, 0.2) is 60.8 Å². The van der Waals surface area contributed by atoms with Gasteiger partial charge in [-0.05, 0) is 99.8 Å². The van der Waals surface area contributed by atoms with Gasteiger partial charge in [-0.2, -0.15) is 0 Å². The van der Waals surface area contributed by atoms with Crippen molar-refractivity contribution in [2.24, 2.45) is 11.8 Å². The highest BCUT2D eigenvalue weighted by Gasteiger charge is 2.43. The first-order valence-corrected chi connectivity index (χ1v) is 26.7. The van der Waals surface area contributed by atoms with Crippen molar-refractivity contribution in [1.29, 1.82) is 0 Å². The van der Waals surface area contributed by atoms with Gasteiger partial charge < -0.3 is 27.8 Å². The number of ether oxygens (including phenoxy) is 4. The molecule has 58 heavy (non-hydrogen) atoms. The second kappa shape index (κ2) is 29.2. The summed E-state index contributed by atoms with van der Waals surface area (Å²) in [5.74, 6) is -0.0154. The van der Waals surface area contributed by atoms with Crippen LogP contribution in [0.5, 0.6) is 0 Å². The first kappa shape index (κ1) is 60.2. The van der Waals surface area contributed by atoms with Crippen molar-refractivity contribution in [2.75, 3.05) is 27.4 Å². The predicted molar refractivity (Wildman–Crippen MR) is 253 cm³/mol. The highest BCUT2D eigenvalue weighted by atomic mass is 28.4. The lowest BCUT2D eigenvalue weighted by Crippen LogP contribution is -2.49. The molecule has 6 atom stereocenters. The molecule has 340 valence electrons. The van der Waals surface area contributed by atoms with Crippen molar-refractivity contribution in [1.82, 2.24) is 0 Å². The molecule has 0 radical (unpaired) electrons. The molecule has 0 unspecified atom stereocenters. The molecule has 0 fully saturated rings. The molecule has 0 spiro atoms. The summed E-state index contributed by atoms with van der Waals surface area (Å²) in [6, 6.07) is 0. The lowest BCUT2D eigenvalue weighted by Gasteiger charge is -2.42. The Morgan fingerprint density at radius 1 is 1.00 bits per heavy atom. The van der Waals surface area contributed by atoms with Gasteiger partial charge in [-0.25, -0.2) is 0 Å². The Bertz CT molecular complexity index is 1270. The fourth-order valence-electron chi connectivity index (χ4n) is 5.70. The molecule has 1 aliphatic rings. The lowest BCUT2D eigenvalue weighted by molar-refractivity contribution is -0.143. The number of rotatable bonds is 17. The molecular formula is C48H92O8Si2. The van der Waals surface area contributed by atoms with E-state index < -0.39 is 16.6 Å². The lowest BCUT2D eigenvalue weighted by atomic mass is 9.96. The number of allylic oxidation sites excluding steroid dienone is 2. The first-order chi connectivity index (χ1) is 25.9. The Hall–Kier alpha value is -2.09. The summed E-state index contributed by atoms with van der Waals surface area (Å²) in [5, 5.41) is 0.229. The average molecular weight is 853 g/mol. The van der Waals surface area contributed by atoms with Crippen molar-refractivity contribution in [2.45, 2.75) is 196 Å². The SMILES string of the molecule is C.C.C=CCCCCC(=O)OC/C(C)=C\[C@@H](C)[C@H](O[Si](C)(C)C(C)(C)C)[C@H](C=C)OC.CO[C@H]1/C=C/CCCCC(=O)OC/C(C)=C\[C@@H](C)[C@@H]1O[Si](C)(C)C(C)(C)C. The molecule has 10 heteroatoms. The highest BCUT2D eigenvalue weighted by Crippen LogP contribution is 2.40. The van der Waals surface area contributed by atoms with Gasteiger partial charge in [0.05, 0.1) is 12.2 Å². The standard InChI is InChI=1S/C24H44O4Si.C22H40O4Si.2CH4/c1-11-13-14-15-16-22(25)27-18-19(3)17-20(4)23(21(12-2)26-8)28-29(9,10)24(5,6)7;1-17-15-18(2)21(26-27(7,8)22(3,4)5)19(24-6)13-11-9-10-12-14-20(23)25-16-17;;/h11-12,17,20-21,23H,1-2,13-16,18H2,3-10H3;11,13,15,18-19,21H,9-10,12,14,16H2,1-8H3;2*1H4/b19-17-;13-11+,17-15-;;/t20-,21+,23+;18-,19+,21+;;/m11../s1. The summed E-state index contributed by atoms with van der Waals surface area (Å²) >= 11 is 0. The van der Waals surface area contributed by atoms with Gasteiger partial charge in [0.15, 0.2) is 16.6 Å². The summed E-state index contributed by atoms with van der Waals surface area (Å²) in [6.07, 6.45) is 18.2. The number of carbonyl (C=O) groups excluding carboxylic acids is 2. The molecular weight excluding hydrogens is 761 g/mol. The molecule has 0 aromatic rings. The van der Waals surface area contributed by atoms with E-state index in [-0.39, 0.29) is 73.1 Å². The summed E-state index contributed by atoms with van der Waals surface area (Å²) in [6.45, 7) is 39.0.